The van der Waals surface area contributed by atoms with E-state index in [0.29, 0.717) is 6.04 Å². The first-order valence-electron chi connectivity index (χ1n) is 5.83. The molecule has 1 aliphatic heterocycles. The fraction of sp³-hybridized carbons (Fsp3) is 0.538. The Morgan fingerprint density at radius 2 is 2.06 bits per heavy atom. The SMILES string of the molecule is CC(N)C1Cc2cc(F)ccc2N1C(C)C. The van der Waals surface area contributed by atoms with E-state index in [2.05, 4.69) is 18.7 Å². The number of rotatable bonds is 2. The van der Waals surface area contributed by atoms with Gasteiger partial charge in [-0.05, 0) is 51.0 Å². The monoisotopic (exact) mass is 222 g/mol. The molecule has 88 valence electrons. The zero-order valence-corrected chi connectivity index (χ0v) is 10.1. The van der Waals surface area contributed by atoms with Crippen LogP contribution in [0.25, 0.3) is 0 Å². The molecule has 2 unspecified atom stereocenters. The van der Waals surface area contributed by atoms with Gasteiger partial charge in [-0.1, -0.05) is 0 Å². The molecule has 2 nitrogen and oxygen atoms in total. The molecule has 0 saturated carbocycles. The van der Waals surface area contributed by atoms with E-state index in [0.717, 1.165) is 17.7 Å². The van der Waals surface area contributed by atoms with Crippen LogP contribution in [0.2, 0.25) is 0 Å². The van der Waals surface area contributed by atoms with Gasteiger partial charge in [0, 0.05) is 23.8 Å². The molecule has 2 N–H and O–H groups in total. The van der Waals surface area contributed by atoms with Gasteiger partial charge in [0.1, 0.15) is 5.82 Å². The van der Waals surface area contributed by atoms with Crippen molar-refractivity contribution in [2.24, 2.45) is 5.73 Å². The molecule has 0 spiro atoms. The lowest BCUT2D eigenvalue weighted by Gasteiger charge is -2.33. The van der Waals surface area contributed by atoms with Gasteiger partial charge in [-0.3, -0.25) is 0 Å². The maximum absolute atomic E-state index is 13.2. The first kappa shape index (κ1) is 11.4. The molecule has 2 rings (SSSR count). The van der Waals surface area contributed by atoms with Crippen molar-refractivity contribution < 1.29 is 4.39 Å². The molecule has 0 fully saturated rings. The van der Waals surface area contributed by atoms with Crippen molar-refractivity contribution in [2.75, 3.05) is 4.90 Å². The molecule has 1 aromatic carbocycles. The zero-order chi connectivity index (χ0) is 11.9. The molecule has 0 aliphatic carbocycles. The van der Waals surface area contributed by atoms with Gasteiger partial charge in [-0.2, -0.15) is 0 Å². The van der Waals surface area contributed by atoms with Crippen molar-refractivity contribution >= 4 is 5.69 Å². The molecular weight excluding hydrogens is 203 g/mol. The predicted octanol–water partition coefficient (Wildman–Crippen LogP) is 2.31. The quantitative estimate of drug-likeness (QED) is 0.832. The summed E-state index contributed by atoms with van der Waals surface area (Å²) in [4.78, 5) is 2.31. The molecule has 1 aliphatic rings. The van der Waals surface area contributed by atoms with Gasteiger partial charge in [0.15, 0.2) is 0 Å². The van der Waals surface area contributed by atoms with Crippen molar-refractivity contribution in [1.82, 2.24) is 0 Å². The van der Waals surface area contributed by atoms with Crippen molar-refractivity contribution in [3.05, 3.63) is 29.6 Å². The van der Waals surface area contributed by atoms with Gasteiger partial charge in [-0.25, -0.2) is 4.39 Å². The molecule has 1 heterocycles. The third kappa shape index (κ3) is 1.80. The predicted molar refractivity (Wildman–Crippen MR) is 65.2 cm³/mol. The number of nitrogens with two attached hydrogens (primary N) is 1. The minimum Gasteiger partial charge on any atom is -0.364 e. The number of hydrogen-bond acceptors (Lipinski definition) is 2. The Labute approximate surface area is 96.2 Å². The molecule has 0 radical (unpaired) electrons. The van der Waals surface area contributed by atoms with E-state index in [1.54, 1.807) is 6.07 Å². The summed E-state index contributed by atoms with van der Waals surface area (Å²) in [7, 11) is 0. The highest BCUT2D eigenvalue weighted by Gasteiger charge is 2.33. The third-order valence-corrected chi connectivity index (χ3v) is 3.27. The number of fused-ring (bicyclic) bond motifs is 1. The van der Waals surface area contributed by atoms with Crippen LogP contribution in [0.15, 0.2) is 18.2 Å². The molecule has 0 bridgehead atoms. The van der Waals surface area contributed by atoms with Crippen LogP contribution in [0.3, 0.4) is 0 Å². The second-order valence-corrected chi connectivity index (χ2v) is 4.90. The Hall–Kier alpha value is -1.09. The summed E-state index contributed by atoms with van der Waals surface area (Å²) in [5.74, 6) is -0.159. The van der Waals surface area contributed by atoms with Crippen molar-refractivity contribution in [2.45, 2.75) is 45.3 Å². The molecule has 0 aromatic heterocycles. The van der Waals surface area contributed by atoms with Gasteiger partial charge >= 0.3 is 0 Å². The lowest BCUT2D eigenvalue weighted by atomic mass is 10.0. The summed E-state index contributed by atoms with van der Waals surface area (Å²) in [5.41, 5.74) is 8.23. The first-order chi connectivity index (χ1) is 7.50. The normalized spacial score (nSPS) is 21.4. The van der Waals surface area contributed by atoms with Crippen LogP contribution >= 0.6 is 0 Å². The molecule has 16 heavy (non-hydrogen) atoms. The van der Waals surface area contributed by atoms with E-state index in [1.807, 2.05) is 13.0 Å². The van der Waals surface area contributed by atoms with Crippen LogP contribution in [0.5, 0.6) is 0 Å². The Balaban J connectivity index is 2.41. The molecule has 2 atom stereocenters. The van der Waals surface area contributed by atoms with Crippen LogP contribution in [-0.4, -0.2) is 18.1 Å². The summed E-state index contributed by atoms with van der Waals surface area (Å²) < 4.78 is 13.2. The van der Waals surface area contributed by atoms with Crippen molar-refractivity contribution in [3.8, 4) is 0 Å². The van der Waals surface area contributed by atoms with Gasteiger partial charge < -0.3 is 10.6 Å². The number of hydrogen-bond donors (Lipinski definition) is 1. The standard InChI is InChI=1S/C13H19FN2/c1-8(2)16-12-5-4-11(14)6-10(12)7-13(16)9(3)15/h4-6,8-9,13H,7,15H2,1-3H3. The van der Waals surface area contributed by atoms with E-state index >= 15 is 0 Å². The van der Waals surface area contributed by atoms with Crippen LogP contribution in [-0.2, 0) is 6.42 Å². The summed E-state index contributed by atoms with van der Waals surface area (Å²) >= 11 is 0. The zero-order valence-electron chi connectivity index (χ0n) is 10.1. The van der Waals surface area contributed by atoms with Crippen LogP contribution in [0, 0.1) is 5.82 Å². The van der Waals surface area contributed by atoms with Gasteiger partial charge in [-0.15, -0.1) is 0 Å². The summed E-state index contributed by atoms with van der Waals surface area (Å²) in [6.45, 7) is 6.31. The highest BCUT2D eigenvalue weighted by atomic mass is 19.1. The first-order valence-corrected chi connectivity index (χ1v) is 5.83. The van der Waals surface area contributed by atoms with E-state index in [9.17, 15) is 4.39 Å². The molecule has 0 amide bonds. The smallest absolute Gasteiger partial charge is 0.123 e. The Kier molecular flexibility index (Phi) is 2.89. The maximum atomic E-state index is 13.2. The molecule has 0 saturated heterocycles. The van der Waals surface area contributed by atoms with Crippen LogP contribution < -0.4 is 10.6 Å². The number of nitrogens with zero attached hydrogens (tertiary/aromatic N) is 1. The average Bonchev–Trinajstić information content (AvgIpc) is 2.55. The number of benzene rings is 1. The molecule has 1 aromatic rings. The molecular formula is C13H19FN2. The third-order valence-electron chi connectivity index (χ3n) is 3.27. The topological polar surface area (TPSA) is 29.3 Å². The lowest BCUT2D eigenvalue weighted by Crippen LogP contribution is -2.47. The summed E-state index contributed by atoms with van der Waals surface area (Å²) in [6.07, 6.45) is 0.850. The van der Waals surface area contributed by atoms with E-state index in [-0.39, 0.29) is 17.9 Å². The summed E-state index contributed by atoms with van der Waals surface area (Å²) in [5, 5.41) is 0. The highest BCUT2D eigenvalue weighted by Crippen LogP contribution is 2.35. The second-order valence-electron chi connectivity index (χ2n) is 4.90. The fourth-order valence-electron chi connectivity index (χ4n) is 2.57. The van der Waals surface area contributed by atoms with Crippen LogP contribution in [0.1, 0.15) is 26.3 Å². The highest BCUT2D eigenvalue weighted by molar-refractivity contribution is 5.60. The minimum atomic E-state index is -0.159. The van der Waals surface area contributed by atoms with Crippen LogP contribution in [0.4, 0.5) is 10.1 Å². The second kappa shape index (κ2) is 4.06. The summed E-state index contributed by atoms with van der Waals surface area (Å²) in [6, 6.07) is 5.80. The number of anilines is 1. The average molecular weight is 222 g/mol. The largest absolute Gasteiger partial charge is 0.364 e. The maximum Gasteiger partial charge on any atom is 0.123 e. The van der Waals surface area contributed by atoms with Crippen molar-refractivity contribution in [3.63, 3.8) is 0 Å². The van der Waals surface area contributed by atoms with Gasteiger partial charge in [0.2, 0.25) is 0 Å². The van der Waals surface area contributed by atoms with E-state index in [1.165, 1.54) is 6.07 Å². The van der Waals surface area contributed by atoms with Gasteiger partial charge in [0.25, 0.3) is 0 Å². The molecule has 3 heteroatoms. The number of halogens is 1. The van der Waals surface area contributed by atoms with Gasteiger partial charge in [0.05, 0.1) is 0 Å². The lowest BCUT2D eigenvalue weighted by molar-refractivity contribution is 0.500. The van der Waals surface area contributed by atoms with E-state index in [4.69, 9.17) is 5.73 Å². The fourth-order valence-corrected chi connectivity index (χ4v) is 2.57. The Morgan fingerprint density at radius 1 is 1.38 bits per heavy atom. The Morgan fingerprint density at radius 3 is 2.62 bits per heavy atom. The Bertz CT molecular complexity index is 388. The minimum absolute atomic E-state index is 0.0952. The van der Waals surface area contributed by atoms with Crippen molar-refractivity contribution in [1.29, 1.82) is 0 Å². The van der Waals surface area contributed by atoms with E-state index < -0.39 is 0 Å².